The van der Waals surface area contributed by atoms with Crippen molar-refractivity contribution >= 4 is 49.8 Å². The summed E-state index contributed by atoms with van der Waals surface area (Å²) in [5.74, 6) is 0.537. The number of anilines is 2. The van der Waals surface area contributed by atoms with Crippen LogP contribution in [0.5, 0.6) is 0 Å². The zero-order valence-corrected chi connectivity index (χ0v) is 17.4. The maximum absolute atomic E-state index is 12.4. The highest BCUT2D eigenvalue weighted by atomic mass is 32.2. The van der Waals surface area contributed by atoms with E-state index in [0.717, 1.165) is 16.2 Å². The second-order valence-electron chi connectivity index (χ2n) is 5.72. The topological polar surface area (TPSA) is 101 Å². The number of sulfonamides is 1. The number of carbonyl (C=O) groups is 1. The fraction of sp³-hybridized carbons (Fsp3) is 0.167. The van der Waals surface area contributed by atoms with Crippen LogP contribution in [0.25, 0.3) is 0 Å². The summed E-state index contributed by atoms with van der Waals surface area (Å²) in [6.07, 6.45) is 0.359. The van der Waals surface area contributed by atoms with Gasteiger partial charge in [0.05, 0.1) is 4.90 Å². The Morgan fingerprint density at radius 3 is 2.43 bits per heavy atom. The van der Waals surface area contributed by atoms with Crippen LogP contribution in [0.4, 0.5) is 10.8 Å². The van der Waals surface area contributed by atoms with Crippen molar-refractivity contribution in [3.05, 3.63) is 59.6 Å². The van der Waals surface area contributed by atoms with Crippen LogP contribution >= 0.6 is 23.1 Å². The summed E-state index contributed by atoms with van der Waals surface area (Å²) in [4.78, 5) is 13.3. The third-order valence-electron chi connectivity index (χ3n) is 3.54. The van der Waals surface area contributed by atoms with E-state index in [-0.39, 0.29) is 15.9 Å². The molecule has 0 saturated carbocycles. The number of thioether (sulfide) groups is 1. The molecule has 1 aromatic heterocycles. The third-order valence-corrected chi connectivity index (χ3v) is 6.79. The molecule has 2 N–H and O–H groups in total. The number of hydrogen-bond donors (Lipinski definition) is 2. The van der Waals surface area contributed by atoms with Crippen molar-refractivity contribution < 1.29 is 13.2 Å². The number of nitrogens with one attached hydrogen (secondary N) is 2. The molecule has 2 aromatic carbocycles. The van der Waals surface area contributed by atoms with Gasteiger partial charge in [-0.3, -0.25) is 9.52 Å². The molecule has 146 valence electrons. The molecule has 28 heavy (non-hydrogen) atoms. The highest BCUT2D eigenvalue weighted by Gasteiger charge is 2.16. The van der Waals surface area contributed by atoms with E-state index < -0.39 is 10.0 Å². The summed E-state index contributed by atoms with van der Waals surface area (Å²) in [7, 11) is -3.75. The van der Waals surface area contributed by atoms with Crippen molar-refractivity contribution in [1.82, 2.24) is 10.2 Å². The van der Waals surface area contributed by atoms with Gasteiger partial charge in [-0.2, -0.15) is 0 Å². The van der Waals surface area contributed by atoms with Crippen molar-refractivity contribution in [2.24, 2.45) is 0 Å². The smallest absolute Gasteiger partial charge is 0.263 e. The molecule has 0 spiro atoms. The average molecular weight is 435 g/mol. The molecule has 3 aromatic rings. The van der Waals surface area contributed by atoms with Gasteiger partial charge in [0.1, 0.15) is 5.01 Å². The fourth-order valence-corrected chi connectivity index (χ4v) is 4.93. The van der Waals surface area contributed by atoms with Crippen molar-refractivity contribution in [3.8, 4) is 0 Å². The van der Waals surface area contributed by atoms with E-state index in [1.807, 2.05) is 30.3 Å². The van der Waals surface area contributed by atoms with Crippen LogP contribution in [-0.2, 0) is 14.8 Å². The van der Waals surface area contributed by atoms with Crippen LogP contribution in [0.1, 0.15) is 11.4 Å². The molecule has 0 atom stereocenters. The number of amides is 1. The summed E-state index contributed by atoms with van der Waals surface area (Å²) in [6.45, 7) is 1.74. The van der Waals surface area contributed by atoms with Gasteiger partial charge in [0.25, 0.3) is 10.0 Å². The number of rotatable bonds is 8. The Labute approximate surface area is 171 Å². The summed E-state index contributed by atoms with van der Waals surface area (Å²) < 4.78 is 27.1. The molecule has 0 fully saturated rings. The Kier molecular flexibility index (Phi) is 6.65. The molecular weight excluding hydrogens is 416 g/mol. The molecule has 1 amide bonds. The predicted octanol–water partition coefficient (Wildman–Crippen LogP) is 3.77. The minimum Gasteiger partial charge on any atom is -0.326 e. The summed E-state index contributed by atoms with van der Waals surface area (Å²) in [5, 5.41) is 11.2. The van der Waals surface area contributed by atoms with Gasteiger partial charge < -0.3 is 5.32 Å². The molecule has 0 bridgehead atoms. The SMILES string of the molecule is Cc1nnc(NS(=O)(=O)c2ccc(NC(=O)CCSc3ccccc3)cc2)s1. The number of carbonyl (C=O) groups excluding carboxylic acids is 1. The minimum absolute atomic E-state index is 0.0815. The van der Waals surface area contributed by atoms with E-state index in [2.05, 4.69) is 20.2 Å². The van der Waals surface area contributed by atoms with Crippen LogP contribution in [0, 0.1) is 6.92 Å². The molecule has 0 saturated heterocycles. The third kappa shape index (κ3) is 5.78. The summed E-state index contributed by atoms with van der Waals surface area (Å²) in [5.41, 5.74) is 0.542. The van der Waals surface area contributed by atoms with Gasteiger partial charge in [-0.15, -0.1) is 22.0 Å². The van der Waals surface area contributed by atoms with Crippen molar-refractivity contribution in [2.75, 3.05) is 15.8 Å². The molecule has 0 aliphatic carbocycles. The number of aromatic nitrogens is 2. The van der Waals surface area contributed by atoms with Gasteiger partial charge in [0.15, 0.2) is 0 Å². The normalized spacial score (nSPS) is 11.2. The minimum atomic E-state index is -3.75. The largest absolute Gasteiger partial charge is 0.326 e. The maximum Gasteiger partial charge on any atom is 0.263 e. The lowest BCUT2D eigenvalue weighted by atomic mass is 10.3. The molecule has 0 aliphatic heterocycles. The van der Waals surface area contributed by atoms with Crippen LogP contribution in [0.3, 0.4) is 0 Å². The van der Waals surface area contributed by atoms with Gasteiger partial charge in [-0.05, 0) is 43.3 Å². The van der Waals surface area contributed by atoms with Crippen LogP contribution < -0.4 is 10.0 Å². The zero-order valence-electron chi connectivity index (χ0n) is 15.0. The molecule has 10 heteroatoms. The second-order valence-corrected chi connectivity index (χ2v) is 9.75. The first-order valence-electron chi connectivity index (χ1n) is 8.33. The monoisotopic (exact) mass is 434 g/mol. The van der Waals surface area contributed by atoms with E-state index in [0.29, 0.717) is 22.9 Å². The molecule has 1 heterocycles. The first kappa shape index (κ1) is 20.3. The van der Waals surface area contributed by atoms with Gasteiger partial charge in [-0.1, -0.05) is 29.5 Å². The van der Waals surface area contributed by atoms with Crippen LogP contribution in [-0.4, -0.2) is 30.3 Å². The lowest BCUT2D eigenvalue weighted by molar-refractivity contribution is -0.115. The first-order chi connectivity index (χ1) is 13.4. The number of benzene rings is 2. The van der Waals surface area contributed by atoms with E-state index in [1.165, 1.54) is 12.1 Å². The molecule has 0 radical (unpaired) electrons. The standard InChI is InChI=1S/C18H18N4O3S3/c1-13-20-21-18(27-13)22-28(24,25)16-9-7-14(8-10-16)19-17(23)11-12-26-15-5-3-2-4-6-15/h2-10H,11-12H2,1H3,(H,19,23)(H,21,22). The van der Waals surface area contributed by atoms with Crippen LogP contribution in [0.2, 0.25) is 0 Å². The van der Waals surface area contributed by atoms with E-state index >= 15 is 0 Å². The molecular formula is C18H18N4O3S3. The van der Waals surface area contributed by atoms with E-state index in [1.54, 1.807) is 30.8 Å². The highest BCUT2D eigenvalue weighted by Crippen LogP contribution is 2.21. The Hall–Kier alpha value is -2.43. The Bertz CT molecular complexity index is 1040. The van der Waals surface area contributed by atoms with Crippen molar-refractivity contribution in [3.63, 3.8) is 0 Å². The second kappa shape index (κ2) is 9.18. The van der Waals surface area contributed by atoms with Crippen molar-refractivity contribution in [2.45, 2.75) is 23.1 Å². The quantitative estimate of drug-likeness (QED) is 0.524. The summed E-state index contributed by atoms with van der Waals surface area (Å²) >= 11 is 2.76. The molecule has 3 rings (SSSR count). The lowest BCUT2D eigenvalue weighted by Gasteiger charge is -2.08. The van der Waals surface area contributed by atoms with Gasteiger partial charge in [0.2, 0.25) is 11.0 Å². The van der Waals surface area contributed by atoms with E-state index in [4.69, 9.17) is 0 Å². The first-order valence-corrected chi connectivity index (χ1v) is 11.6. The molecule has 0 aliphatic rings. The average Bonchev–Trinajstić information content (AvgIpc) is 3.07. The highest BCUT2D eigenvalue weighted by molar-refractivity contribution is 7.99. The fourth-order valence-electron chi connectivity index (χ4n) is 2.23. The predicted molar refractivity (Wildman–Crippen MR) is 112 cm³/mol. The molecule has 7 nitrogen and oxygen atoms in total. The van der Waals surface area contributed by atoms with E-state index in [9.17, 15) is 13.2 Å². The molecule has 0 unspecified atom stereocenters. The van der Waals surface area contributed by atoms with Gasteiger partial charge >= 0.3 is 0 Å². The number of nitrogens with zero attached hydrogens (tertiary/aromatic N) is 2. The number of aryl methyl sites for hydroxylation is 1. The maximum atomic E-state index is 12.4. The van der Waals surface area contributed by atoms with Crippen molar-refractivity contribution in [1.29, 1.82) is 0 Å². The zero-order chi connectivity index (χ0) is 20.0. The van der Waals surface area contributed by atoms with Gasteiger partial charge in [-0.25, -0.2) is 8.42 Å². The number of hydrogen-bond acceptors (Lipinski definition) is 7. The Morgan fingerprint density at radius 1 is 1.07 bits per heavy atom. The van der Waals surface area contributed by atoms with Gasteiger partial charge in [0, 0.05) is 22.8 Å². The van der Waals surface area contributed by atoms with Crippen LogP contribution in [0.15, 0.2) is 64.4 Å². The summed E-state index contributed by atoms with van der Waals surface area (Å²) in [6, 6.07) is 15.8. The lowest BCUT2D eigenvalue weighted by Crippen LogP contribution is -2.14. The Balaban J connectivity index is 1.52. The Morgan fingerprint density at radius 2 is 1.79 bits per heavy atom.